The summed E-state index contributed by atoms with van der Waals surface area (Å²) < 4.78 is 0. The van der Waals surface area contributed by atoms with Crippen molar-refractivity contribution in [1.29, 1.82) is 0 Å². The van der Waals surface area contributed by atoms with Gasteiger partial charge in [0.25, 0.3) is 0 Å². The number of nitrogens with zero attached hydrogens (tertiary/aromatic N) is 1. The third-order valence-electron chi connectivity index (χ3n) is 14.3. The minimum absolute atomic E-state index is 0.114. The molecule has 1 spiro atoms. The molecule has 0 saturated heterocycles. The summed E-state index contributed by atoms with van der Waals surface area (Å²) in [5, 5.41) is 2.62. The van der Waals surface area contributed by atoms with Crippen LogP contribution in [0.4, 0.5) is 11.4 Å². The van der Waals surface area contributed by atoms with Gasteiger partial charge in [0.1, 0.15) is 0 Å². The molecule has 0 radical (unpaired) electrons. The molecule has 0 amide bonds. The predicted molar refractivity (Wildman–Crippen MR) is 275 cm³/mol. The zero-order valence-corrected chi connectivity index (χ0v) is 37.7. The van der Waals surface area contributed by atoms with Crippen molar-refractivity contribution in [2.24, 2.45) is 0 Å². The molecule has 0 N–H and O–H groups in total. The fourth-order valence-corrected chi connectivity index (χ4v) is 11.3. The fourth-order valence-electron chi connectivity index (χ4n) is 11.3. The topological polar surface area (TPSA) is 3.24 Å². The molecule has 1 atom stereocenters. The molecule has 0 fully saturated rings. The second-order valence-electron chi connectivity index (χ2n) is 18.0. The van der Waals surface area contributed by atoms with Gasteiger partial charge in [-0.2, -0.15) is 0 Å². The van der Waals surface area contributed by atoms with Crippen molar-refractivity contribution in [3.8, 4) is 33.4 Å². The average molecular weight is 836 g/mol. The first-order valence-electron chi connectivity index (χ1n) is 23.4. The van der Waals surface area contributed by atoms with E-state index in [2.05, 4.69) is 249 Å². The predicted octanol–water partition coefficient (Wildman–Crippen LogP) is 17.0. The smallest absolute Gasteiger partial charge is 0.0719 e. The van der Waals surface area contributed by atoms with Gasteiger partial charge in [-0.15, -0.1) is 0 Å². The lowest BCUT2D eigenvalue weighted by molar-refractivity contribution is 0.563. The number of hydrogen-bond acceptors (Lipinski definition) is 1. The Kier molecular flexibility index (Phi) is 10.1. The zero-order chi connectivity index (χ0) is 44.1. The van der Waals surface area contributed by atoms with Crippen molar-refractivity contribution < 1.29 is 0 Å². The van der Waals surface area contributed by atoms with E-state index in [0.717, 1.165) is 17.8 Å². The number of fused-ring (bicyclic) bond motifs is 10. The van der Waals surface area contributed by atoms with Crippen LogP contribution < -0.4 is 4.90 Å². The van der Waals surface area contributed by atoms with E-state index in [9.17, 15) is 0 Å². The van der Waals surface area contributed by atoms with Crippen molar-refractivity contribution in [3.63, 3.8) is 0 Å². The van der Waals surface area contributed by atoms with Crippen LogP contribution in [0.5, 0.6) is 0 Å². The van der Waals surface area contributed by atoms with Gasteiger partial charge in [0.2, 0.25) is 0 Å². The standard InChI is InChI=1S/C62H47N.C2H6/c1-61(2)57-23-10-12-25-59(57)62(60-26-13-11-24-58(60)61)55-22-9-8-20-53(55)54-41-47(33-40-56(54)62)44-29-36-49(37-30-44)63(48-34-27-43(28-35-48)42-15-4-3-5-16-42)50-38-31-46(32-39-50)52-21-14-18-45-17-6-7-19-51(45)52;1-2/h3-31,33-41,46H,32H2,1-2H3;1-2H3. The molecular weight excluding hydrogens is 783 g/mol. The molecule has 65 heavy (non-hydrogen) atoms. The van der Waals surface area contributed by atoms with E-state index in [1.54, 1.807) is 0 Å². The minimum Gasteiger partial charge on any atom is -0.311 e. The summed E-state index contributed by atoms with van der Waals surface area (Å²) in [7, 11) is 0. The summed E-state index contributed by atoms with van der Waals surface area (Å²) in [5.41, 5.74) is 20.1. The van der Waals surface area contributed by atoms with Crippen molar-refractivity contribution in [1.82, 2.24) is 0 Å². The highest BCUT2D eigenvalue weighted by atomic mass is 15.1. The maximum absolute atomic E-state index is 2.45. The van der Waals surface area contributed by atoms with Crippen LogP contribution in [0.25, 0.3) is 44.2 Å². The Labute approximate surface area is 384 Å². The lowest BCUT2D eigenvalue weighted by Crippen LogP contribution is -2.40. The van der Waals surface area contributed by atoms with Gasteiger partial charge in [0.05, 0.1) is 5.41 Å². The maximum Gasteiger partial charge on any atom is 0.0719 e. The lowest BCUT2D eigenvalue weighted by atomic mass is 9.55. The molecule has 1 heteroatoms. The molecule has 314 valence electrons. The quantitative estimate of drug-likeness (QED) is 0.161. The number of rotatable bonds is 6. The molecule has 1 unspecified atom stereocenters. The molecule has 3 aliphatic carbocycles. The summed E-state index contributed by atoms with van der Waals surface area (Å²) in [6.45, 7) is 8.77. The van der Waals surface area contributed by atoms with Crippen LogP contribution in [0.15, 0.2) is 236 Å². The van der Waals surface area contributed by atoms with Crippen LogP contribution in [-0.4, -0.2) is 0 Å². The molecule has 9 aromatic rings. The lowest BCUT2D eigenvalue weighted by Gasteiger charge is -2.46. The van der Waals surface area contributed by atoms with E-state index in [1.807, 2.05) is 13.8 Å². The van der Waals surface area contributed by atoms with E-state index in [-0.39, 0.29) is 10.8 Å². The Hall–Kier alpha value is -7.48. The Morgan fingerprint density at radius 2 is 0.938 bits per heavy atom. The third-order valence-corrected chi connectivity index (χ3v) is 14.3. The number of anilines is 2. The molecular formula is C64H53N. The Balaban J connectivity index is 0.00000231. The van der Waals surface area contributed by atoms with Crippen molar-refractivity contribution in [3.05, 3.63) is 275 Å². The molecule has 0 aromatic heterocycles. The van der Waals surface area contributed by atoms with Gasteiger partial charge in [-0.25, -0.2) is 0 Å². The number of allylic oxidation sites excluding steroid dienone is 3. The van der Waals surface area contributed by atoms with E-state index < -0.39 is 0 Å². The molecule has 0 aliphatic heterocycles. The van der Waals surface area contributed by atoms with Gasteiger partial charge < -0.3 is 4.90 Å². The number of benzene rings is 9. The first-order valence-corrected chi connectivity index (χ1v) is 23.4. The summed E-state index contributed by atoms with van der Waals surface area (Å²) >= 11 is 0. The summed E-state index contributed by atoms with van der Waals surface area (Å²) in [6.07, 6.45) is 8.07. The average Bonchev–Trinajstić information content (AvgIpc) is 3.67. The maximum atomic E-state index is 2.45. The summed E-state index contributed by atoms with van der Waals surface area (Å²) in [5.74, 6) is 0.315. The van der Waals surface area contributed by atoms with Crippen LogP contribution >= 0.6 is 0 Å². The number of hydrogen-bond donors (Lipinski definition) is 0. The molecule has 3 aliphatic rings. The highest BCUT2D eigenvalue weighted by Crippen LogP contribution is 2.62. The Morgan fingerprint density at radius 3 is 1.58 bits per heavy atom. The van der Waals surface area contributed by atoms with Crippen LogP contribution in [-0.2, 0) is 10.8 Å². The van der Waals surface area contributed by atoms with Crippen LogP contribution in [0.2, 0.25) is 0 Å². The Bertz CT molecular complexity index is 3220. The molecule has 9 aromatic carbocycles. The van der Waals surface area contributed by atoms with E-state index in [1.165, 1.54) is 88.8 Å². The van der Waals surface area contributed by atoms with Gasteiger partial charge >= 0.3 is 0 Å². The zero-order valence-electron chi connectivity index (χ0n) is 37.7. The van der Waals surface area contributed by atoms with Crippen molar-refractivity contribution in [2.45, 2.75) is 50.9 Å². The minimum atomic E-state index is -0.387. The van der Waals surface area contributed by atoms with E-state index >= 15 is 0 Å². The first kappa shape index (κ1) is 40.3. The molecule has 0 bridgehead atoms. The fraction of sp³-hybridized carbons (Fsp3) is 0.125. The van der Waals surface area contributed by atoms with Gasteiger partial charge in [-0.05, 0) is 126 Å². The molecule has 1 nitrogen and oxygen atoms in total. The first-order chi connectivity index (χ1) is 32.0. The highest BCUT2D eigenvalue weighted by Gasteiger charge is 2.53. The van der Waals surface area contributed by atoms with Crippen LogP contribution in [0.1, 0.15) is 79.0 Å². The van der Waals surface area contributed by atoms with E-state index in [0.29, 0.717) is 5.92 Å². The highest BCUT2D eigenvalue weighted by molar-refractivity contribution is 5.91. The molecule has 0 heterocycles. The summed E-state index contributed by atoms with van der Waals surface area (Å²) in [4.78, 5) is 2.41. The molecule has 12 rings (SSSR count). The SMILES string of the molecule is CC.CC1(C)c2ccccc2C2(c3ccccc3-c3cc(-c4ccc(N(C5=CCC(c6cccc7ccccc67)C=C5)c5ccc(-c6ccccc6)cc5)cc4)ccc32)c2ccccc21. The van der Waals surface area contributed by atoms with Gasteiger partial charge in [0.15, 0.2) is 0 Å². The largest absolute Gasteiger partial charge is 0.311 e. The molecule has 0 saturated carbocycles. The third kappa shape index (κ3) is 6.44. The van der Waals surface area contributed by atoms with E-state index in [4.69, 9.17) is 0 Å². The normalized spacial score (nSPS) is 15.8. The second-order valence-corrected chi connectivity index (χ2v) is 18.0. The van der Waals surface area contributed by atoms with Crippen molar-refractivity contribution >= 4 is 22.1 Å². The van der Waals surface area contributed by atoms with Gasteiger partial charge in [-0.1, -0.05) is 222 Å². The van der Waals surface area contributed by atoms with Gasteiger partial charge in [-0.3, -0.25) is 0 Å². The van der Waals surface area contributed by atoms with Crippen LogP contribution in [0.3, 0.4) is 0 Å². The Morgan fingerprint density at radius 1 is 0.431 bits per heavy atom. The second kappa shape index (κ2) is 16.3. The monoisotopic (exact) mass is 835 g/mol. The van der Waals surface area contributed by atoms with Crippen LogP contribution in [0, 0.1) is 0 Å². The van der Waals surface area contributed by atoms with Gasteiger partial charge in [0, 0.05) is 28.4 Å². The summed E-state index contributed by atoms with van der Waals surface area (Å²) in [6, 6.07) is 79.0. The van der Waals surface area contributed by atoms with Crippen molar-refractivity contribution in [2.75, 3.05) is 4.90 Å².